The maximum Gasteiger partial charge on any atom is 0.258 e. The molecule has 1 unspecified atom stereocenters. The molecule has 1 aromatic carbocycles. The van der Waals surface area contributed by atoms with Gasteiger partial charge in [0.1, 0.15) is 5.75 Å². The van der Waals surface area contributed by atoms with Crippen molar-refractivity contribution in [3.63, 3.8) is 0 Å². The highest BCUT2D eigenvalue weighted by Crippen LogP contribution is 2.32. The third-order valence-corrected chi connectivity index (χ3v) is 3.33. The van der Waals surface area contributed by atoms with E-state index in [0.717, 1.165) is 17.3 Å². The molecule has 1 aliphatic carbocycles. The predicted octanol–water partition coefficient (Wildman–Crippen LogP) is 1.71. The number of aliphatic hydroxyl groups excluding tert-OH is 1. The highest BCUT2D eigenvalue weighted by atomic mass is 79.9. The van der Waals surface area contributed by atoms with E-state index in [2.05, 4.69) is 21.2 Å². The van der Waals surface area contributed by atoms with E-state index in [1.54, 1.807) is 12.1 Å². The van der Waals surface area contributed by atoms with Crippen LogP contribution in [-0.4, -0.2) is 30.3 Å². The summed E-state index contributed by atoms with van der Waals surface area (Å²) < 4.78 is 6.24. The smallest absolute Gasteiger partial charge is 0.258 e. The first-order valence-corrected chi connectivity index (χ1v) is 6.77. The number of hydrogen-bond acceptors (Lipinski definition) is 3. The van der Waals surface area contributed by atoms with Gasteiger partial charge in [-0.1, -0.05) is 22.0 Å². The summed E-state index contributed by atoms with van der Waals surface area (Å²) in [5.41, 5.74) is 0. The average molecular weight is 314 g/mol. The predicted molar refractivity (Wildman–Crippen MR) is 71.4 cm³/mol. The summed E-state index contributed by atoms with van der Waals surface area (Å²) in [6.07, 6.45) is 1.71. The number of nitrogens with one attached hydrogen (secondary N) is 1. The van der Waals surface area contributed by atoms with Gasteiger partial charge >= 0.3 is 0 Å². The van der Waals surface area contributed by atoms with Crippen LogP contribution in [0.5, 0.6) is 5.75 Å². The van der Waals surface area contributed by atoms with Crippen LogP contribution in [0.25, 0.3) is 0 Å². The van der Waals surface area contributed by atoms with E-state index in [4.69, 9.17) is 4.74 Å². The van der Waals surface area contributed by atoms with Crippen LogP contribution in [0.2, 0.25) is 0 Å². The minimum absolute atomic E-state index is 0.0339. The molecule has 1 atom stereocenters. The zero-order valence-corrected chi connectivity index (χ0v) is 11.5. The second-order valence-corrected chi connectivity index (χ2v) is 5.37. The van der Waals surface area contributed by atoms with Gasteiger partial charge in [-0.15, -0.1) is 0 Å². The minimum Gasteiger partial charge on any atom is -0.484 e. The maximum atomic E-state index is 11.5. The lowest BCUT2D eigenvalue weighted by atomic mass is 10.2. The van der Waals surface area contributed by atoms with Crippen LogP contribution in [0.3, 0.4) is 0 Å². The number of carbonyl (C=O) groups is 1. The van der Waals surface area contributed by atoms with E-state index in [-0.39, 0.29) is 12.5 Å². The molecule has 18 heavy (non-hydrogen) atoms. The van der Waals surface area contributed by atoms with Crippen LogP contribution in [0.1, 0.15) is 12.8 Å². The SMILES string of the molecule is O=C(COc1cccc(Br)c1)NCC(O)C1CC1. The molecule has 1 fully saturated rings. The topological polar surface area (TPSA) is 58.6 Å². The number of ether oxygens (including phenoxy) is 1. The number of carbonyl (C=O) groups excluding carboxylic acids is 1. The van der Waals surface area contributed by atoms with Crippen molar-refractivity contribution in [2.24, 2.45) is 5.92 Å². The van der Waals surface area contributed by atoms with Crippen molar-refractivity contribution < 1.29 is 14.6 Å². The maximum absolute atomic E-state index is 11.5. The van der Waals surface area contributed by atoms with Crippen LogP contribution in [0.15, 0.2) is 28.7 Å². The first-order valence-electron chi connectivity index (χ1n) is 5.98. The number of aliphatic hydroxyl groups is 1. The van der Waals surface area contributed by atoms with Crippen LogP contribution < -0.4 is 10.1 Å². The Morgan fingerprint density at radius 3 is 3.00 bits per heavy atom. The van der Waals surface area contributed by atoms with Gasteiger partial charge in [0.2, 0.25) is 0 Å². The van der Waals surface area contributed by atoms with Gasteiger partial charge in [-0.25, -0.2) is 0 Å². The van der Waals surface area contributed by atoms with E-state index >= 15 is 0 Å². The Hall–Kier alpha value is -1.07. The Labute approximate surface area is 114 Å². The molecule has 0 bridgehead atoms. The minimum atomic E-state index is -0.417. The standard InChI is InChI=1S/C13H16BrNO3/c14-10-2-1-3-11(6-10)18-8-13(17)15-7-12(16)9-4-5-9/h1-3,6,9,12,16H,4-5,7-8H2,(H,15,17). The van der Waals surface area contributed by atoms with Crippen molar-refractivity contribution in [3.8, 4) is 5.75 Å². The third kappa shape index (κ3) is 4.31. The molecule has 0 aliphatic heterocycles. The van der Waals surface area contributed by atoms with E-state index in [0.29, 0.717) is 18.2 Å². The number of benzene rings is 1. The summed E-state index contributed by atoms with van der Waals surface area (Å²) in [6.45, 7) is 0.277. The number of amides is 1. The molecule has 4 nitrogen and oxygen atoms in total. The zero-order valence-electron chi connectivity index (χ0n) is 9.93. The van der Waals surface area contributed by atoms with Gasteiger partial charge in [-0.3, -0.25) is 4.79 Å². The molecule has 0 saturated heterocycles. The zero-order chi connectivity index (χ0) is 13.0. The summed E-state index contributed by atoms with van der Waals surface area (Å²) in [7, 11) is 0. The molecule has 2 N–H and O–H groups in total. The van der Waals surface area contributed by atoms with Crippen molar-refractivity contribution in [3.05, 3.63) is 28.7 Å². The Morgan fingerprint density at radius 2 is 2.33 bits per heavy atom. The normalized spacial score (nSPS) is 16.1. The number of halogens is 1. The van der Waals surface area contributed by atoms with Gasteiger partial charge in [0.05, 0.1) is 6.10 Å². The van der Waals surface area contributed by atoms with E-state index in [9.17, 15) is 9.90 Å². The summed E-state index contributed by atoms with van der Waals surface area (Å²) in [5, 5.41) is 12.3. The summed E-state index contributed by atoms with van der Waals surface area (Å²) in [4.78, 5) is 11.5. The Balaban J connectivity index is 1.67. The lowest BCUT2D eigenvalue weighted by Crippen LogP contribution is -2.36. The quantitative estimate of drug-likeness (QED) is 0.840. The van der Waals surface area contributed by atoms with Crippen molar-refractivity contribution in [1.29, 1.82) is 0 Å². The van der Waals surface area contributed by atoms with Crippen LogP contribution >= 0.6 is 15.9 Å². The van der Waals surface area contributed by atoms with Gasteiger partial charge in [-0.2, -0.15) is 0 Å². The Morgan fingerprint density at radius 1 is 1.56 bits per heavy atom. The van der Waals surface area contributed by atoms with E-state index in [1.165, 1.54) is 0 Å². The first kappa shape index (κ1) is 13.4. The van der Waals surface area contributed by atoms with Gasteiger partial charge in [0.25, 0.3) is 5.91 Å². The Bertz CT molecular complexity index is 420. The van der Waals surface area contributed by atoms with Crippen LogP contribution in [0, 0.1) is 5.92 Å². The van der Waals surface area contributed by atoms with Crippen molar-refractivity contribution in [2.75, 3.05) is 13.2 Å². The molecule has 5 heteroatoms. The monoisotopic (exact) mass is 313 g/mol. The molecule has 1 saturated carbocycles. The van der Waals surface area contributed by atoms with Crippen molar-refractivity contribution in [1.82, 2.24) is 5.32 Å². The molecular formula is C13H16BrNO3. The van der Waals surface area contributed by atoms with Crippen molar-refractivity contribution >= 4 is 21.8 Å². The molecule has 0 spiro atoms. The molecule has 1 amide bonds. The largest absolute Gasteiger partial charge is 0.484 e. The highest BCUT2D eigenvalue weighted by molar-refractivity contribution is 9.10. The van der Waals surface area contributed by atoms with Crippen LogP contribution in [-0.2, 0) is 4.79 Å². The molecule has 2 rings (SSSR count). The second kappa shape index (κ2) is 6.20. The van der Waals surface area contributed by atoms with Gasteiger partial charge in [0.15, 0.2) is 6.61 Å². The van der Waals surface area contributed by atoms with Gasteiger partial charge in [0, 0.05) is 11.0 Å². The molecular weight excluding hydrogens is 298 g/mol. The lowest BCUT2D eigenvalue weighted by molar-refractivity contribution is -0.123. The number of hydrogen-bond donors (Lipinski definition) is 2. The van der Waals surface area contributed by atoms with Crippen LogP contribution in [0.4, 0.5) is 0 Å². The summed E-state index contributed by atoms with van der Waals surface area (Å²) in [5.74, 6) is 0.799. The fourth-order valence-electron chi connectivity index (χ4n) is 1.62. The van der Waals surface area contributed by atoms with Gasteiger partial charge < -0.3 is 15.2 Å². The van der Waals surface area contributed by atoms with Crippen molar-refractivity contribution in [2.45, 2.75) is 18.9 Å². The lowest BCUT2D eigenvalue weighted by Gasteiger charge is -2.11. The fraction of sp³-hybridized carbons (Fsp3) is 0.462. The molecule has 0 radical (unpaired) electrons. The van der Waals surface area contributed by atoms with Gasteiger partial charge in [-0.05, 0) is 37.0 Å². The summed E-state index contributed by atoms with van der Waals surface area (Å²) >= 11 is 3.33. The van der Waals surface area contributed by atoms with E-state index in [1.807, 2.05) is 12.1 Å². The average Bonchev–Trinajstić information content (AvgIpc) is 3.17. The fourth-order valence-corrected chi connectivity index (χ4v) is 2.00. The molecule has 0 aromatic heterocycles. The second-order valence-electron chi connectivity index (χ2n) is 4.45. The Kier molecular flexibility index (Phi) is 4.60. The molecule has 0 heterocycles. The third-order valence-electron chi connectivity index (χ3n) is 2.84. The molecule has 1 aliphatic rings. The first-order chi connectivity index (χ1) is 8.65. The molecule has 1 aromatic rings. The van der Waals surface area contributed by atoms with E-state index < -0.39 is 6.10 Å². The highest BCUT2D eigenvalue weighted by Gasteiger charge is 2.29. The molecule has 98 valence electrons. The summed E-state index contributed by atoms with van der Waals surface area (Å²) in [6, 6.07) is 7.32. The number of rotatable bonds is 6.